The van der Waals surface area contributed by atoms with Gasteiger partial charge in [0.15, 0.2) is 6.10 Å². The lowest BCUT2D eigenvalue weighted by Crippen LogP contribution is -2.30. The van der Waals surface area contributed by atoms with Crippen LogP contribution in [0.2, 0.25) is 0 Å². The van der Waals surface area contributed by atoms with Crippen molar-refractivity contribution in [1.82, 2.24) is 0 Å². The first-order chi connectivity index (χ1) is 12.6. The Bertz CT molecular complexity index is 796. The minimum atomic E-state index is -0.857. The number of amides is 1. The Morgan fingerprint density at radius 1 is 1.04 bits per heavy atom. The van der Waals surface area contributed by atoms with Gasteiger partial charge in [0.2, 0.25) is 0 Å². The zero-order chi connectivity index (χ0) is 18.5. The van der Waals surface area contributed by atoms with Crippen molar-refractivity contribution in [1.29, 1.82) is 0 Å². The van der Waals surface area contributed by atoms with Crippen molar-refractivity contribution in [3.05, 3.63) is 64.7 Å². The van der Waals surface area contributed by atoms with Gasteiger partial charge >= 0.3 is 5.97 Å². The molecule has 1 aliphatic rings. The molecule has 0 spiro atoms. The van der Waals surface area contributed by atoms with Gasteiger partial charge in [0, 0.05) is 5.69 Å². The molecular weight excluding hydrogens is 326 g/mol. The topological polar surface area (TPSA) is 55.4 Å². The third-order valence-corrected chi connectivity index (χ3v) is 4.87. The Hall–Kier alpha value is -2.62. The molecule has 0 bridgehead atoms. The maximum absolute atomic E-state index is 12.4. The number of carbonyl (C=O) groups excluding carboxylic acids is 2. The number of hydrogen-bond acceptors (Lipinski definition) is 3. The lowest BCUT2D eigenvalue weighted by molar-refractivity contribution is -0.123. The van der Waals surface area contributed by atoms with Crippen LogP contribution in [0.5, 0.6) is 0 Å². The van der Waals surface area contributed by atoms with E-state index >= 15 is 0 Å². The van der Waals surface area contributed by atoms with E-state index < -0.39 is 12.1 Å². The molecule has 1 amide bonds. The monoisotopic (exact) mass is 351 g/mol. The normalized spacial score (nSPS) is 14.2. The molecule has 4 heteroatoms. The fourth-order valence-electron chi connectivity index (χ4n) is 3.21. The standard InChI is InChI=1S/C22H25NO3/c1-3-16-8-12-20(13-9-16)23-21(24)15(2)26-22(25)19-11-10-17-6-4-5-7-18(17)14-19/h8-15H,3-7H2,1-2H3,(H,23,24)/t15-/m1/s1. The minimum absolute atomic E-state index is 0.333. The summed E-state index contributed by atoms with van der Waals surface area (Å²) in [6.07, 6.45) is 4.52. The fourth-order valence-corrected chi connectivity index (χ4v) is 3.21. The van der Waals surface area contributed by atoms with E-state index in [2.05, 4.69) is 12.2 Å². The zero-order valence-corrected chi connectivity index (χ0v) is 15.4. The number of rotatable bonds is 5. The molecule has 0 fully saturated rings. The molecule has 1 N–H and O–H groups in total. The van der Waals surface area contributed by atoms with Crippen molar-refractivity contribution in [3.63, 3.8) is 0 Å². The highest BCUT2D eigenvalue weighted by atomic mass is 16.5. The predicted molar refractivity (Wildman–Crippen MR) is 102 cm³/mol. The van der Waals surface area contributed by atoms with Crippen LogP contribution in [0.4, 0.5) is 5.69 Å². The van der Waals surface area contributed by atoms with E-state index in [1.54, 1.807) is 13.0 Å². The number of ether oxygens (including phenoxy) is 1. The summed E-state index contributed by atoms with van der Waals surface area (Å²) >= 11 is 0. The molecule has 0 heterocycles. The van der Waals surface area contributed by atoms with Gasteiger partial charge in [-0.05, 0) is 80.0 Å². The lowest BCUT2D eigenvalue weighted by Gasteiger charge is -2.17. The number of benzene rings is 2. The van der Waals surface area contributed by atoms with Gasteiger partial charge in [-0.15, -0.1) is 0 Å². The summed E-state index contributed by atoms with van der Waals surface area (Å²) in [6, 6.07) is 13.4. The number of fused-ring (bicyclic) bond motifs is 1. The second-order valence-electron chi connectivity index (χ2n) is 6.78. The Morgan fingerprint density at radius 2 is 1.73 bits per heavy atom. The fraction of sp³-hybridized carbons (Fsp3) is 0.364. The van der Waals surface area contributed by atoms with E-state index in [1.165, 1.54) is 23.1 Å². The molecule has 136 valence electrons. The number of nitrogens with one attached hydrogen (secondary N) is 1. The van der Waals surface area contributed by atoms with Gasteiger partial charge in [0.05, 0.1) is 5.56 Å². The first kappa shape index (κ1) is 18.2. The molecule has 3 rings (SSSR count). The minimum Gasteiger partial charge on any atom is -0.449 e. The first-order valence-electron chi connectivity index (χ1n) is 9.29. The summed E-state index contributed by atoms with van der Waals surface area (Å²) in [7, 11) is 0. The molecule has 0 radical (unpaired) electrons. The Balaban J connectivity index is 1.60. The van der Waals surface area contributed by atoms with E-state index in [-0.39, 0.29) is 5.91 Å². The van der Waals surface area contributed by atoms with E-state index in [1.807, 2.05) is 36.4 Å². The second-order valence-corrected chi connectivity index (χ2v) is 6.78. The van der Waals surface area contributed by atoms with Crippen molar-refractivity contribution in [2.24, 2.45) is 0 Å². The average Bonchev–Trinajstić information content (AvgIpc) is 2.68. The largest absolute Gasteiger partial charge is 0.449 e. The summed E-state index contributed by atoms with van der Waals surface area (Å²) < 4.78 is 5.36. The van der Waals surface area contributed by atoms with Crippen LogP contribution in [0.3, 0.4) is 0 Å². The predicted octanol–water partition coefficient (Wildman–Crippen LogP) is 4.31. The van der Waals surface area contributed by atoms with Gasteiger partial charge in [-0.3, -0.25) is 4.79 Å². The van der Waals surface area contributed by atoms with Crippen molar-refractivity contribution >= 4 is 17.6 Å². The van der Waals surface area contributed by atoms with Gasteiger partial charge in [-0.2, -0.15) is 0 Å². The zero-order valence-electron chi connectivity index (χ0n) is 15.4. The third kappa shape index (κ3) is 4.31. The Kier molecular flexibility index (Phi) is 5.71. The molecule has 0 saturated carbocycles. The second kappa shape index (κ2) is 8.17. The lowest BCUT2D eigenvalue weighted by atomic mass is 9.90. The van der Waals surface area contributed by atoms with Gasteiger partial charge < -0.3 is 10.1 Å². The highest BCUT2D eigenvalue weighted by Crippen LogP contribution is 2.22. The van der Waals surface area contributed by atoms with Gasteiger partial charge in [0.1, 0.15) is 0 Å². The first-order valence-corrected chi connectivity index (χ1v) is 9.29. The highest BCUT2D eigenvalue weighted by Gasteiger charge is 2.20. The molecule has 0 unspecified atom stereocenters. The quantitative estimate of drug-likeness (QED) is 0.817. The van der Waals surface area contributed by atoms with Crippen LogP contribution in [-0.4, -0.2) is 18.0 Å². The third-order valence-electron chi connectivity index (χ3n) is 4.87. The van der Waals surface area contributed by atoms with E-state index in [9.17, 15) is 9.59 Å². The van der Waals surface area contributed by atoms with Crippen molar-refractivity contribution in [3.8, 4) is 0 Å². The van der Waals surface area contributed by atoms with E-state index in [0.29, 0.717) is 11.3 Å². The number of carbonyl (C=O) groups is 2. The molecule has 0 aliphatic heterocycles. The van der Waals surface area contributed by atoms with Crippen LogP contribution in [0.1, 0.15) is 53.7 Å². The number of esters is 1. The smallest absolute Gasteiger partial charge is 0.338 e. The van der Waals surface area contributed by atoms with Crippen LogP contribution < -0.4 is 5.32 Å². The Labute approximate surface area is 154 Å². The molecule has 1 atom stereocenters. The van der Waals surface area contributed by atoms with E-state index in [4.69, 9.17) is 4.74 Å². The summed E-state index contributed by atoms with van der Waals surface area (Å²) in [4.78, 5) is 24.7. The maximum Gasteiger partial charge on any atom is 0.338 e. The number of aryl methyl sites for hydroxylation is 3. The van der Waals surface area contributed by atoms with Crippen molar-refractivity contribution < 1.29 is 14.3 Å². The summed E-state index contributed by atoms with van der Waals surface area (Å²) in [6.45, 7) is 3.67. The van der Waals surface area contributed by atoms with Crippen LogP contribution in [0.15, 0.2) is 42.5 Å². The molecule has 26 heavy (non-hydrogen) atoms. The van der Waals surface area contributed by atoms with Crippen LogP contribution in [0.25, 0.3) is 0 Å². The molecule has 4 nitrogen and oxygen atoms in total. The molecule has 1 aliphatic carbocycles. The van der Waals surface area contributed by atoms with E-state index in [0.717, 1.165) is 25.7 Å². The number of anilines is 1. The van der Waals surface area contributed by atoms with Crippen LogP contribution in [0, 0.1) is 0 Å². The van der Waals surface area contributed by atoms with Gasteiger partial charge in [-0.25, -0.2) is 4.79 Å². The maximum atomic E-state index is 12.4. The SMILES string of the molecule is CCc1ccc(NC(=O)[C@@H](C)OC(=O)c2ccc3c(c2)CCCC3)cc1. The average molecular weight is 351 g/mol. The Morgan fingerprint density at radius 3 is 2.42 bits per heavy atom. The highest BCUT2D eigenvalue weighted by molar-refractivity contribution is 5.97. The van der Waals surface area contributed by atoms with Gasteiger partial charge in [-0.1, -0.05) is 25.1 Å². The van der Waals surface area contributed by atoms with Crippen LogP contribution in [-0.2, 0) is 28.8 Å². The molecule has 0 saturated heterocycles. The van der Waals surface area contributed by atoms with Crippen LogP contribution >= 0.6 is 0 Å². The summed E-state index contributed by atoms with van der Waals surface area (Å²) in [5, 5.41) is 2.78. The summed E-state index contributed by atoms with van der Waals surface area (Å²) in [5.41, 5.74) is 4.95. The summed E-state index contributed by atoms with van der Waals surface area (Å²) in [5.74, 6) is -0.789. The number of hydrogen-bond donors (Lipinski definition) is 1. The molecular formula is C22H25NO3. The molecule has 0 aromatic heterocycles. The van der Waals surface area contributed by atoms with Gasteiger partial charge in [0.25, 0.3) is 5.91 Å². The van der Waals surface area contributed by atoms with Crippen molar-refractivity contribution in [2.75, 3.05) is 5.32 Å². The molecule has 2 aromatic carbocycles. The molecule has 2 aromatic rings. The van der Waals surface area contributed by atoms with Crippen molar-refractivity contribution in [2.45, 2.75) is 52.1 Å².